The van der Waals surface area contributed by atoms with Gasteiger partial charge in [-0.15, -0.1) is 0 Å². The van der Waals surface area contributed by atoms with Crippen LogP contribution in [0.1, 0.15) is 26.3 Å². The molecular weight excluding hydrogens is 266 g/mol. The summed E-state index contributed by atoms with van der Waals surface area (Å²) in [6.45, 7) is 5.82. The number of methoxy groups -OCH3 is 2. The van der Waals surface area contributed by atoms with Gasteiger partial charge < -0.3 is 14.8 Å². The quantitative estimate of drug-likeness (QED) is 0.669. The highest BCUT2D eigenvalue weighted by Crippen LogP contribution is 2.29. The summed E-state index contributed by atoms with van der Waals surface area (Å²) in [5.74, 6) is 1.32. The summed E-state index contributed by atoms with van der Waals surface area (Å²) >= 11 is 0. The van der Waals surface area contributed by atoms with Crippen LogP contribution in [0.2, 0.25) is 0 Å². The van der Waals surface area contributed by atoms with Crippen molar-refractivity contribution in [3.05, 3.63) is 42.0 Å². The summed E-state index contributed by atoms with van der Waals surface area (Å²) < 4.78 is 10.6. The second kappa shape index (κ2) is 7.53. The lowest BCUT2D eigenvalue weighted by molar-refractivity contribution is -0.117. The second-order valence-electron chi connectivity index (χ2n) is 5.53. The van der Waals surface area contributed by atoms with Crippen molar-refractivity contribution in [3.8, 4) is 11.5 Å². The Bertz CT molecular complexity index is 517. The van der Waals surface area contributed by atoms with E-state index in [1.807, 2.05) is 45.0 Å². The third-order valence-corrected chi connectivity index (χ3v) is 2.59. The van der Waals surface area contributed by atoms with Gasteiger partial charge >= 0.3 is 0 Å². The molecule has 0 aliphatic rings. The van der Waals surface area contributed by atoms with E-state index in [9.17, 15) is 4.79 Å². The van der Waals surface area contributed by atoms with E-state index in [-0.39, 0.29) is 11.4 Å². The number of benzene rings is 1. The molecule has 4 heteroatoms. The van der Waals surface area contributed by atoms with Gasteiger partial charge in [-0.25, -0.2) is 0 Å². The zero-order valence-electron chi connectivity index (χ0n) is 13.3. The van der Waals surface area contributed by atoms with Gasteiger partial charge in [-0.1, -0.05) is 18.2 Å². The highest BCUT2D eigenvalue weighted by Gasteiger charge is 2.10. The van der Waals surface area contributed by atoms with Gasteiger partial charge in [0.15, 0.2) is 0 Å². The van der Waals surface area contributed by atoms with Gasteiger partial charge in [-0.2, -0.15) is 0 Å². The Kier molecular flexibility index (Phi) is 6.03. The van der Waals surface area contributed by atoms with Gasteiger partial charge in [0.1, 0.15) is 11.5 Å². The molecule has 0 saturated heterocycles. The molecule has 1 N–H and O–H groups in total. The zero-order chi connectivity index (χ0) is 15.9. The molecule has 1 aromatic carbocycles. The lowest BCUT2D eigenvalue weighted by atomic mass is 10.1. The molecule has 1 aromatic rings. The molecule has 0 aliphatic carbocycles. The standard InChI is InChI=1S/C17H23NO3/c1-17(2,3)18-16(19)12-7-6-9-13-14(20-4)10-8-11-15(13)21-5/h6-12H,1-5H3,(H,18,19)/b9-6+,12-7+. The molecule has 0 atom stereocenters. The van der Waals surface area contributed by atoms with Crippen molar-refractivity contribution < 1.29 is 14.3 Å². The fourth-order valence-corrected chi connectivity index (χ4v) is 1.75. The van der Waals surface area contributed by atoms with Crippen LogP contribution in [0, 0.1) is 0 Å². The molecular formula is C17H23NO3. The Morgan fingerprint density at radius 2 is 1.67 bits per heavy atom. The van der Waals surface area contributed by atoms with Gasteiger partial charge in [0.2, 0.25) is 5.91 Å². The third kappa shape index (κ3) is 5.73. The molecule has 0 heterocycles. The number of hydrogen-bond acceptors (Lipinski definition) is 3. The van der Waals surface area contributed by atoms with Crippen LogP contribution in [-0.2, 0) is 4.79 Å². The highest BCUT2D eigenvalue weighted by atomic mass is 16.5. The molecule has 0 aromatic heterocycles. The van der Waals surface area contributed by atoms with Crippen molar-refractivity contribution in [2.75, 3.05) is 14.2 Å². The van der Waals surface area contributed by atoms with Crippen molar-refractivity contribution in [1.29, 1.82) is 0 Å². The van der Waals surface area contributed by atoms with Crippen LogP contribution in [0.15, 0.2) is 36.4 Å². The van der Waals surface area contributed by atoms with Crippen LogP contribution in [-0.4, -0.2) is 25.7 Å². The average molecular weight is 289 g/mol. The average Bonchev–Trinajstić information content (AvgIpc) is 2.41. The predicted molar refractivity (Wildman–Crippen MR) is 85.6 cm³/mol. The van der Waals surface area contributed by atoms with E-state index in [1.54, 1.807) is 26.4 Å². The summed E-state index contributed by atoms with van der Waals surface area (Å²) in [6, 6.07) is 5.58. The van der Waals surface area contributed by atoms with Crippen molar-refractivity contribution in [1.82, 2.24) is 5.32 Å². The molecule has 114 valence electrons. The molecule has 1 rings (SSSR count). The topological polar surface area (TPSA) is 47.6 Å². The van der Waals surface area contributed by atoms with E-state index in [0.29, 0.717) is 0 Å². The van der Waals surface area contributed by atoms with Gasteiger partial charge in [0.05, 0.1) is 19.8 Å². The fraction of sp³-hybridized carbons (Fsp3) is 0.353. The van der Waals surface area contributed by atoms with E-state index in [0.717, 1.165) is 17.1 Å². The summed E-state index contributed by atoms with van der Waals surface area (Å²) in [5.41, 5.74) is 0.597. The molecule has 21 heavy (non-hydrogen) atoms. The molecule has 0 fully saturated rings. The lowest BCUT2D eigenvalue weighted by Crippen LogP contribution is -2.39. The van der Waals surface area contributed by atoms with Crippen LogP contribution >= 0.6 is 0 Å². The maximum absolute atomic E-state index is 11.6. The summed E-state index contributed by atoms with van der Waals surface area (Å²) in [7, 11) is 3.22. The smallest absolute Gasteiger partial charge is 0.244 e. The summed E-state index contributed by atoms with van der Waals surface area (Å²) in [5, 5.41) is 2.85. The maximum atomic E-state index is 11.6. The van der Waals surface area contributed by atoms with E-state index in [1.165, 1.54) is 6.08 Å². The van der Waals surface area contributed by atoms with Crippen LogP contribution in [0.25, 0.3) is 6.08 Å². The number of hydrogen-bond donors (Lipinski definition) is 1. The number of allylic oxidation sites excluding steroid dienone is 2. The summed E-state index contributed by atoms with van der Waals surface area (Å²) in [4.78, 5) is 11.6. The Labute approximate surface area is 126 Å². The Morgan fingerprint density at radius 3 is 2.14 bits per heavy atom. The third-order valence-electron chi connectivity index (χ3n) is 2.59. The molecule has 0 spiro atoms. The van der Waals surface area contributed by atoms with Crippen LogP contribution in [0.5, 0.6) is 11.5 Å². The monoisotopic (exact) mass is 289 g/mol. The van der Waals surface area contributed by atoms with Gasteiger partial charge in [0, 0.05) is 11.6 Å². The summed E-state index contributed by atoms with van der Waals surface area (Å²) in [6.07, 6.45) is 6.80. The van der Waals surface area contributed by atoms with Crippen molar-refractivity contribution in [2.24, 2.45) is 0 Å². The number of amides is 1. The Balaban J connectivity index is 2.80. The normalized spacial score (nSPS) is 11.9. The van der Waals surface area contributed by atoms with Crippen LogP contribution in [0.3, 0.4) is 0 Å². The minimum Gasteiger partial charge on any atom is -0.496 e. The lowest BCUT2D eigenvalue weighted by Gasteiger charge is -2.18. The van der Waals surface area contributed by atoms with Gasteiger partial charge in [-0.05, 0) is 39.0 Å². The molecule has 1 amide bonds. The first-order valence-corrected chi connectivity index (χ1v) is 6.75. The van der Waals surface area contributed by atoms with Crippen molar-refractivity contribution >= 4 is 12.0 Å². The molecule has 4 nitrogen and oxygen atoms in total. The van der Waals surface area contributed by atoms with Crippen LogP contribution in [0.4, 0.5) is 0 Å². The molecule has 0 radical (unpaired) electrons. The minimum absolute atomic E-state index is 0.126. The zero-order valence-corrected chi connectivity index (χ0v) is 13.3. The predicted octanol–water partition coefficient (Wildman–Crippen LogP) is 3.19. The van der Waals surface area contributed by atoms with E-state index < -0.39 is 0 Å². The SMILES string of the molecule is COc1cccc(OC)c1/C=C/C=C/C(=O)NC(C)(C)C. The Hall–Kier alpha value is -2.23. The number of carbonyl (C=O) groups is 1. The van der Waals surface area contributed by atoms with E-state index >= 15 is 0 Å². The molecule has 0 saturated carbocycles. The van der Waals surface area contributed by atoms with Crippen molar-refractivity contribution in [2.45, 2.75) is 26.3 Å². The number of nitrogens with one attached hydrogen (secondary N) is 1. The molecule has 0 bridgehead atoms. The van der Waals surface area contributed by atoms with Gasteiger partial charge in [0.25, 0.3) is 0 Å². The molecule has 0 unspecified atom stereocenters. The number of ether oxygens (including phenoxy) is 2. The maximum Gasteiger partial charge on any atom is 0.244 e. The first-order chi connectivity index (χ1) is 9.87. The van der Waals surface area contributed by atoms with Gasteiger partial charge in [-0.3, -0.25) is 4.79 Å². The number of carbonyl (C=O) groups excluding carboxylic acids is 1. The van der Waals surface area contributed by atoms with E-state index in [4.69, 9.17) is 9.47 Å². The van der Waals surface area contributed by atoms with E-state index in [2.05, 4.69) is 5.32 Å². The largest absolute Gasteiger partial charge is 0.496 e. The first-order valence-electron chi connectivity index (χ1n) is 6.75. The minimum atomic E-state index is -0.239. The molecule has 0 aliphatic heterocycles. The highest BCUT2D eigenvalue weighted by molar-refractivity contribution is 5.88. The fourth-order valence-electron chi connectivity index (χ4n) is 1.75. The van der Waals surface area contributed by atoms with Crippen LogP contribution < -0.4 is 14.8 Å². The van der Waals surface area contributed by atoms with Crippen molar-refractivity contribution in [3.63, 3.8) is 0 Å². The second-order valence-corrected chi connectivity index (χ2v) is 5.53. The first kappa shape index (κ1) is 16.8. The Morgan fingerprint density at radius 1 is 1.10 bits per heavy atom. The number of rotatable bonds is 5.